The lowest BCUT2D eigenvalue weighted by atomic mass is 10.0. The van der Waals surface area contributed by atoms with Crippen LogP contribution in [0.3, 0.4) is 0 Å². The van der Waals surface area contributed by atoms with Crippen molar-refractivity contribution in [2.24, 2.45) is 0 Å². The quantitative estimate of drug-likeness (QED) is 0.321. The number of piperazine rings is 1. The number of amides is 2. The Morgan fingerprint density at radius 3 is 2.42 bits per heavy atom. The molecule has 36 heavy (non-hydrogen) atoms. The summed E-state index contributed by atoms with van der Waals surface area (Å²) < 4.78 is 14.4. The van der Waals surface area contributed by atoms with Gasteiger partial charge >= 0.3 is 6.03 Å². The van der Waals surface area contributed by atoms with Crippen molar-refractivity contribution >= 4 is 51.4 Å². The van der Waals surface area contributed by atoms with Crippen molar-refractivity contribution in [1.82, 2.24) is 10.3 Å². The molecule has 2 amide bonds. The second-order valence-corrected chi connectivity index (χ2v) is 8.92. The minimum Gasteiger partial charge on any atom is -0.368 e. The van der Waals surface area contributed by atoms with Crippen LogP contribution in [0.15, 0.2) is 72.9 Å². The van der Waals surface area contributed by atoms with Crippen LogP contribution in [0.4, 0.5) is 26.2 Å². The standard InChI is InChI=1S/C27H23ClFN5O2/c28-20-2-4-22(5-3-20)32-27(36)33-23-13-19(12-21(29)15-23)26(35)17-1-6-25-18(11-17)14-24(16-31-25)34-9-7-30-8-10-34/h1-6,11-16,30H,7-10H2,(H2,32,33,36). The number of pyridine rings is 1. The molecular formula is C27H23ClFN5O2. The molecule has 9 heteroatoms. The van der Waals surface area contributed by atoms with E-state index in [1.807, 2.05) is 12.3 Å². The highest BCUT2D eigenvalue weighted by Crippen LogP contribution is 2.24. The number of fused-ring (bicyclic) bond motifs is 1. The molecule has 0 aliphatic carbocycles. The first-order valence-electron chi connectivity index (χ1n) is 11.5. The lowest BCUT2D eigenvalue weighted by molar-refractivity contribution is 0.103. The molecule has 0 radical (unpaired) electrons. The monoisotopic (exact) mass is 503 g/mol. The van der Waals surface area contributed by atoms with Crippen LogP contribution in [0.2, 0.25) is 5.02 Å². The zero-order valence-corrected chi connectivity index (χ0v) is 20.0. The van der Waals surface area contributed by atoms with Crippen LogP contribution in [-0.4, -0.2) is 43.0 Å². The van der Waals surface area contributed by atoms with E-state index in [1.54, 1.807) is 42.5 Å². The highest BCUT2D eigenvalue weighted by molar-refractivity contribution is 6.30. The van der Waals surface area contributed by atoms with Crippen LogP contribution in [0.25, 0.3) is 10.9 Å². The van der Waals surface area contributed by atoms with Crippen molar-refractivity contribution in [2.45, 2.75) is 0 Å². The molecule has 0 unspecified atom stereocenters. The van der Waals surface area contributed by atoms with Crippen molar-refractivity contribution in [2.75, 3.05) is 41.7 Å². The van der Waals surface area contributed by atoms with Gasteiger partial charge in [-0.15, -0.1) is 0 Å². The molecule has 4 aromatic rings. The number of urea groups is 1. The third-order valence-corrected chi connectivity index (χ3v) is 6.18. The molecule has 7 nitrogen and oxygen atoms in total. The van der Waals surface area contributed by atoms with Gasteiger partial charge in [0, 0.05) is 59.1 Å². The summed E-state index contributed by atoms with van der Waals surface area (Å²) in [6, 6.07) is 17.0. The van der Waals surface area contributed by atoms with Crippen molar-refractivity contribution < 1.29 is 14.0 Å². The highest BCUT2D eigenvalue weighted by Gasteiger charge is 2.15. The molecule has 182 valence electrons. The fourth-order valence-electron chi connectivity index (χ4n) is 4.14. The first-order chi connectivity index (χ1) is 17.4. The van der Waals surface area contributed by atoms with E-state index in [4.69, 9.17) is 11.6 Å². The summed E-state index contributed by atoms with van der Waals surface area (Å²) in [5.41, 5.74) is 2.98. The van der Waals surface area contributed by atoms with Crippen molar-refractivity contribution in [3.63, 3.8) is 0 Å². The molecule has 2 heterocycles. The number of halogens is 2. The molecule has 1 saturated heterocycles. The molecule has 3 aromatic carbocycles. The van der Waals surface area contributed by atoms with E-state index in [-0.39, 0.29) is 17.0 Å². The molecule has 1 aliphatic rings. The van der Waals surface area contributed by atoms with Crippen LogP contribution >= 0.6 is 11.6 Å². The molecule has 0 atom stereocenters. The van der Waals surface area contributed by atoms with Gasteiger partial charge in [-0.25, -0.2) is 9.18 Å². The number of carbonyl (C=O) groups excluding carboxylic acids is 2. The van der Waals surface area contributed by atoms with Gasteiger partial charge in [0.1, 0.15) is 5.82 Å². The Morgan fingerprint density at radius 1 is 0.889 bits per heavy atom. The van der Waals surface area contributed by atoms with Gasteiger partial charge in [-0.05, 0) is 66.7 Å². The summed E-state index contributed by atoms with van der Waals surface area (Å²) in [5.74, 6) is -0.990. The maximum absolute atomic E-state index is 14.4. The summed E-state index contributed by atoms with van der Waals surface area (Å²) in [5, 5.41) is 9.90. The number of aromatic nitrogens is 1. The summed E-state index contributed by atoms with van der Waals surface area (Å²) >= 11 is 5.86. The van der Waals surface area contributed by atoms with Gasteiger partial charge < -0.3 is 20.9 Å². The zero-order valence-electron chi connectivity index (χ0n) is 19.2. The number of nitrogens with one attached hydrogen (secondary N) is 3. The predicted molar refractivity (Wildman–Crippen MR) is 141 cm³/mol. The van der Waals surface area contributed by atoms with E-state index in [0.29, 0.717) is 16.3 Å². The normalized spacial score (nSPS) is 13.4. The number of carbonyl (C=O) groups is 2. The molecule has 0 spiro atoms. The van der Waals surface area contributed by atoms with Gasteiger partial charge in [-0.2, -0.15) is 0 Å². The number of rotatable bonds is 5. The van der Waals surface area contributed by atoms with Crippen LogP contribution < -0.4 is 20.9 Å². The molecule has 0 bridgehead atoms. The Balaban J connectivity index is 1.36. The smallest absolute Gasteiger partial charge is 0.323 e. The average molecular weight is 504 g/mol. The lowest BCUT2D eigenvalue weighted by Gasteiger charge is -2.29. The van der Waals surface area contributed by atoms with E-state index < -0.39 is 11.8 Å². The van der Waals surface area contributed by atoms with E-state index in [2.05, 4.69) is 25.8 Å². The van der Waals surface area contributed by atoms with E-state index in [0.717, 1.165) is 54.9 Å². The number of benzene rings is 3. The largest absolute Gasteiger partial charge is 0.368 e. The Labute approximate surface area is 212 Å². The van der Waals surface area contributed by atoms with Crippen LogP contribution in [0, 0.1) is 5.82 Å². The Morgan fingerprint density at radius 2 is 1.64 bits per heavy atom. The first-order valence-corrected chi connectivity index (χ1v) is 11.9. The highest BCUT2D eigenvalue weighted by atomic mass is 35.5. The lowest BCUT2D eigenvalue weighted by Crippen LogP contribution is -2.43. The molecule has 1 fully saturated rings. The fraction of sp³-hybridized carbons (Fsp3) is 0.148. The van der Waals surface area contributed by atoms with Crippen LogP contribution in [0.1, 0.15) is 15.9 Å². The van der Waals surface area contributed by atoms with Gasteiger partial charge in [0.2, 0.25) is 0 Å². The number of anilines is 3. The number of ketones is 1. The van der Waals surface area contributed by atoms with Gasteiger partial charge in [0.05, 0.1) is 17.4 Å². The molecule has 3 N–H and O–H groups in total. The fourth-order valence-corrected chi connectivity index (χ4v) is 4.27. The minimum absolute atomic E-state index is 0.127. The van der Waals surface area contributed by atoms with E-state index >= 15 is 0 Å². The SMILES string of the molecule is O=C(Nc1ccc(Cl)cc1)Nc1cc(F)cc(C(=O)c2ccc3ncc(N4CCNCC4)cc3c2)c1. The van der Waals surface area contributed by atoms with Crippen LogP contribution in [0.5, 0.6) is 0 Å². The second kappa shape index (κ2) is 10.3. The molecular weight excluding hydrogens is 481 g/mol. The Bertz CT molecular complexity index is 1440. The number of hydrogen-bond donors (Lipinski definition) is 3. The number of nitrogens with zero attached hydrogens (tertiary/aromatic N) is 2. The van der Waals surface area contributed by atoms with E-state index in [9.17, 15) is 14.0 Å². The number of hydrogen-bond acceptors (Lipinski definition) is 5. The molecule has 0 saturated carbocycles. The first kappa shape index (κ1) is 23.7. The average Bonchev–Trinajstić information content (AvgIpc) is 2.89. The van der Waals surface area contributed by atoms with Gasteiger partial charge in [0.15, 0.2) is 5.78 Å². The summed E-state index contributed by atoms with van der Waals surface area (Å²) in [4.78, 5) is 32.4. The summed E-state index contributed by atoms with van der Waals surface area (Å²) in [6.07, 6.45) is 1.84. The van der Waals surface area contributed by atoms with Crippen molar-refractivity contribution in [3.05, 3.63) is 94.9 Å². The predicted octanol–water partition coefficient (Wildman–Crippen LogP) is 5.31. The maximum atomic E-state index is 14.4. The molecule has 1 aromatic heterocycles. The molecule has 5 rings (SSSR count). The third kappa shape index (κ3) is 5.45. The topological polar surface area (TPSA) is 86.4 Å². The van der Waals surface area contributed by atoms with Gasteiger partial charge in [-0.1, -0.05) is 11.6 Å². The third-order valence-electron chi connectivity index (χ3n) is 5.93. The van der Waals surface area contributed by atoms with Gasteiger partial charge in [0.25, 0.3) is 0 Å². The van der Waals surface area contributed by atoms with Gasteiger partial charge in [-0.3, -0.25) is 9.78 Å². The maximum Gasteiger partial charge on any atom is 0.323 e. The van der Waals surface area contributed by atoms with E-state index in [1.165, 1.54) is 6.07 Å². The van der Waals surface area contributed by atoms with Crippen molar-refractivity contribution in [3.8, 4) is 0 Å². The zero-order chi connectivity index (χ0) is 25.1. The summed E-state index contributed by atoms with van der Waals surface area (Å²) in [7, 11) is 0. The second-order valence-electron chi connectivity index (χ2n) is 8.48. The van der Waals surface area contributed by atoms with Crippen LogP contribution in [-0.2, 0) is 0 Å². The molecule has 1 aliphatic heterocycles. The minimum atomic E-state index is -0.633. The Kier molecular flexibility index (Phi) is 6.79. The summed E-state index contributed by atoms with van der Waals surface area (Å²) in [6.45, 7) is 3.58. The van der Waals surface area contributed by atoms with Crippen molar-refractivity contribution in [1.29, 1.82) is 0 Å². The Hall–Kier alpha value is -4.01.